The lowest BCUT2D eigenvalue weighted by molar-refractivity contribution is 0.141. The van der Waals surface area contributed by atoms with Crippen molar-refractivity contribution >= 4 is 0 Å². The summed E-state index contributed by atoms with van der Waals surface area (Å²) in [5.41, 5.74) is 0.939. The van der Waals surface area contributed by atoms with Crippen LogP contribution >= 0.6 is 0 Å². The molecule has 0 bridgehead atoms. The van der Waals surface area contributed by atoms with E-state index in [1.54, 1.807) is 6.07 Å². The minimum absolute atomic E-state index is 0.710. The maximum atomic E-state index is 13.4. The molecule has 0 unspecified atom stereocenters. The fraction of sp³-hybridized carbons (Fsp3) is 0.692. The molecule has 0 aromatic heterocycles. The van der Waals surface area contributed by atoms with Gasteiger partial charge in [-0.1, -0.05) is 50.3 Å². The third kappa shape index (κ3) is 6.42. The van der Waals surface area contributed by atoms with Gasteiger partial charge in [0, 0.05) is 0 Å². The third-order valence-corrected chi connectivity index (χ3v) is 7.49. The number of unbranched alkanes of at least 4 members (excludes halogenated alkanes) is 1. The van der Waals surface area contributed by atoms with Crippen LogP contribution in [-0.4, -0.2) is 0 Å². The van der Waals surface area contributed by atoms with Crippen molar-refractivity contribution in [3.8, 4) is 0 Å². The molecule has 0 nitrogen and oxygen atoms in total. The van der Waals surface area contributed by atoms with Gasteiger partial charge in [-0.05, 0) is 99.7 Å². The molecule has 0 aliphatic heterocycles. The van der Waals surface area contributed by atoms with Gasteiger partial charge in [-0.15, -0.1) is 0 Å². The maximum absolute atomic E-state index is 13.4. The number of benzene rings is 1. The van der Waals surface area contributed by atoms with Gasteiger partial charge in [-0.2, -0.15) is 0 Å². The Morgan fingerprint density at radius 1 is 0.821 bits per heavy atom. The molecule has 0 spiro atoms. The van der Waals surface area contributed by atoms with Crippen molar-refractivity contribution in [2.45, 2.75) is 90.4 Å². The second-order valence-electron chi connectivity index (χ2n) is 9.35. The van der Waals surface area contributed by atoms with Gasteiger partial charge in [0.2, 0.25) is 0 Å². The first-order valence-corrected chi connectivity index (χ1v) is 11.7. The Hall–Kier alpha value is -1.18. The quantitative estimate of drug-likeness (QED) is 0.310. The van der Waals surface area contributed by atoms with Crippen LogP contribution < -0.4 is 0 Å². The van der Waals surface area contributed by atoms with Crippen molar-refractivity contribution < 1.29 is 8.78 Å². The number of rotatable bonds is 8. The molecule has 2 saturated carbocycles. The second-order valence-corrected chi connectivity index (χ2v) is 9.35. The van der Waals surface area contributed by atoms with Gasteiger partial charge in [0.15, 0.2) is 11.6 Å². The Morgan fingerprint density at radius 2 is 1.43 bits per heavy atom. The van der Waals surface area contributed by atoms with Crippen LogP contribution in [-0.2, 0) is 6.42 Å². The molecule has 0 radical (unpaired) electrons. The molecule has 1 aromatic rings. The summed E-state index contributed by atoms with van der Waals surface area (Å²) in [6.45, 7) is 2.11. The Kier molecular flexibility index (Phi) is 8.55. The van der Waals surface area contributed by atoms with E-state index in [0.29, 0.717) is 0 Å². The zero-order valence-corrected chi connectivity index (χ0v) is 17.6. The first kappa shape index (κ1) is 21.5. The second kappa shape index (κ2) is 11.1. The van der Waals surface area contributed by atoms with Gasteiger partial charge in [0.05, 0.1) is 0 Å². The monoisotopic (exact) mass is 388 g/mol. The van der Waals surface area contributed by atoms with Crippen LogP contribution in [0.5, 0.6) is 0 Å². The fourth-order valence-electron chi connectivity index (χ4n) is 5.65. The lowest BCUT2D eigenvalue weighted by Gasteiger charge is -2.38. The molecule has 2 fully saturated rings. The van der Waals surface area contributed by atoms with Gasteiger partial charge >= 0.3 is 0 Å². The topological polar surface area (TPSA) is 0 Å². The van der Waals surface area contributed by atoms with E-state index in [1.165, 1.54) is 82.8 Å². The average molecular weight is 389 g/mol. The van der Waals surface area contributed by atoms with E-state index in [4.69, 9.17) is 0 Å². The van der Waals surface area contributed by atoms with Crippen LogP contribution in [0.3, 0.4) is 0 Å². The van der Waals surface area contributed by atoms with Crippen LogP contribution in [0, 0.1) is 35.3 Å². The predicted octanol–water partition coefficient (Wildman–Crippen LogP) is 8.26. The average Bonchev–Trinajstić information content (AvgIpc) is 2.73. The van der Waals surface area contributed by atoms with Crippen molar-refractivity contribution in [1.82, 2.24) is 0 Å². The summed E-state index contributed by atoms with van der Waals surface area (Å²) in [7, 11) is 0. The lowest BCUT2D eigenvalue weighted by atomic mass is 9.68. The summed E-state index contributed by atoms with van der Waals surface area (Å²) in [6, 6.07) is 4.37. The first-order valence-electron chi connectivity index (χ1n) is 11.7. The molecule has 2 aliphatic rings. The SMILES string of the molecule is C/C=C\CCCC1CCC(C2CCC(CCc3ccc(F)c(F)c3)CC2)CC1. The van der Waals surface area contributed by atoms with E-state index in [2.05, 4.69) is 19.1 Å². The van der Waals surface area contributed by atoms with Crippen LogP contribution in [0.15, 0.2) is 30.4 Å². The normalized spacial score (nSPS) is 28.7. The zero-order chi connectivity index (χ0) is 19.8. The highest BCUT2D eigenvalue weighted by Crippen LogP contribution is 2.43. The molecule has 1 aromatic carbocycles. The van der Waals surface area contributed by atoms with Crippen molar-refractivity contribution in [3.63, 3.8) is 0 Å². The molecule has 0 saturated heterocycles. The summed E-state index contributed by atoms with van der Waals surface area (Å²) >= 11 is 0. The zero-order valence-electron chi connectivity index (χ0n) is 17.6. The highest BCUT2D eigenvalue weighted by atomic mass is 19.2. The van der Waals surface area contributed by atoms with Gasteiger partial charge in [-0.25, -0.2) is 8.78 Å². The van der Waals surface area contributed by atoms with Crippen LogP contribution in [0.25, 0.3) is 0 Å². The summed E-state index contributed by atoms with van der Waals surface area (Å²) in [6.07, 6.45) is 21.8. The minimum atomic E-state index is -0.739. The van der Waals surface area contributed by atoms with Crippen molar-refractivity contribution in [3.05, 3.63) is 47.5 Å². The standard InChI is InChI=1S/C26H38F2/c1-2-3-4-5-6-20-9-14-23(15-10-20)24-16-11-21(12-17-24)7-8-22-13-18-25(27)26(28)19-22/h2-3,13,18-21,23-24H,4-12,14-17H2,1H3/b3-2-. The molecule has 0 N–H and O–H groups in total. The van der Waals surface area contributed by atoms with Crippen molar-refractivity contribution in [2.75, 3.05) is 0 Å². The van der Waals surface area contributed by atoms with Gasteiger partial charge in [-0.3, -0.25) is 0 Å². The summed E-state index contributed by atoms with van der Waals surface area (Å²) in [5, 5.41) is 0. The summed E-state index contributed by atoms with van der Waals surface area (Å²) in [5.74, 6) is 2.22. The Balaban J connectivity index is 1.32. The van der Waals surface area contributed by atoms with Gasteiger partial charge < -0.3 is 0 Å². The number of allylic oxidation sites excluding steroid dienone is 2. The number of halogens is 2. The van der Waals surface area contributed by atoms with Crippen LogP contribution in [0.1, 0.15) is 89.5 Å². The van der Waals surface area contributed by atoms with E-state index in [0.717, 1.165) is 42.1 Å². The number of hydrogen-bond donors (Lipinski definition) is 0. The minimum Gasteiger partial charge on any atom is -0.204 e. The molecular formula is C26H38F2. The number of hydrogen-bond acceptors (Lipinski definition) is 0. The fourth-order valence-corrected chi connectivity index (χ4v) is 5.65. The molecule has 28 heavy (non-hydrogen) atoms. The molecule has 156 valence electrons. The Labute approximate surface area is 170 Å². The largest absolute Gasteiger partial charge is 0.204 e. The smallest absolute Gasteiger partial charge is 0.159 e. The van der Waals surface area contributed by atoms with Crippen LogP contribution in [0.2, 0.25) is 0 Å². The molecule has 0 amide bonds. The molecular weight excluding hydrogens is 350 g/mol. The van der Waals surface area contributed by atoms with E-state index in [1.807, 2.05) is 0 Å². The highest BCUT2D eigenvalue weighted by Gasteiger charge is 2.30. The summed E-state index contributed by atoms with van der Waals surface area (Å²) < 4.78 is 26.4. The van der Waals surface area contributed by atoms with E-state index >= 15 is 0 Å². The first-order chi connectivity index (χ1) is 13.7. The molecule has 2 heteroatoms. The molecule has 0 atom stereocenters. The van der Waals surface area contributed by atoms with Gasteiger partial charge in [0.25, 0.3) is 0 Å². The highest BCUT2D eigenvalue weighted by molar-refractivity contribution is 5.17. The van der Waals surface area contributed by atoms with E-state index in [9.17, 15) is 8.78 Å². The predicted molar refractivity (Wildman–Crippen MR) is 114 cm³/mol. The molecule has 2 aliphatic carbocycles. The van der Waals surface area contributed by atoms with E-state index in [-0.39, 0.29) is 0 Å². The van der Waals surface area contributed by atoms with Crippen LogP contribution in [0.4, 0.5) is 8.78 Å². The van der Waals surface area contributed by atoms with E-state index < -0.39 is 11.6 Å². The molecule has 0 heterocycles. The lowest BCUT2D eigenvalue weighted by Crippen LogP contribution is -2.26. The summed E-state index contributed by atoms with van der Waals surface area (Å²) in [4.78, 5) is 0. The van der Waals surface area contributed by atoms with Crippen molar-refractivity contribution in [2.24, 2.45) is 23.7 Å². The third-order valence-electron chi connectivity index (χ3n) is 7.49. The maximum Gasteiger partial charge on any atom is 0.159 e. The van der Waals surface area contributed by atoms with Gasteiger partial charge in [0.1, 0.15) is 0 Å². The Bertz CT molecular complexity index is 605. The Morgan fingerprint density at radius 3 is 2.00 bits per heavy atom. The van der Waals surface area contributed by atoms with Crippen molar-refractivity contribution in [1.29, 1.82) is 0 Å². The number of aryl methyl sites for hydroxylation is 1. The molecule has 3 rings (SSSR count).